The quantitative estimate of drug-likeness (QED) is 0.547. The maximum atomic E-state index is 13.6. The molecule has 0 fully saturated rings. The Balaban J connectivity index is 1.89. The molecule has 156 valence electrons. The Labute approximate surface area is 191 Å². The van der Waals surface area contributed by atoms with Crippen LogP contribution in [0.5, 0.6) is 0 Å². The lowest BCUT2D eigenvalue weighted by molar-refractivity contribution is -0.126. The van der Waals surface area contributed by atoms with Gasteiger partial charge in [-0.3, -0.25) is 9.59 Å². The zero-order chi connectivity index (χ0) is 22.1. The van der Waals surface area contributed by atoms with E-state index < -0.39 is 11.4 Å². The lowest BCUT2D eigenvalue weighted by atomic mass is 9.74. The summed E-state index contributed by atoms with van der Waals surface area (Å²) >= 11 is 13.6. The van der Waals surface area contributed by atoms with Gasteiger partial charge in [0.1, 0.15) is 10.3 Å². The van der Waals surface area contributed by atoms with E-state index in [-0.39, 0.29) is 23.1 Å². The van der Waals surface area contributed by atoms with Crippen LogP contribution in [0.4, 0.5) is 11.4 Å². The van der Waals surface area contributed by atoms with E-state index in [9.17, 15) is 19.5 Å². The van der Waals surface area contributed by atoms with Gasteiger partial charge in [0, 0.05) is 33.9 Å². The number of hydrogen-bond donors (Lipinski definition) is 2. The van der Waals surface area contributed by atoms with Gasteiger partial charge in [0.15, 0.2) is 0 Å². The molecule has 1 unspecified atom stereocenters. The average molecular weight is 473 g/mol. The maximum absolute atomic E-state index is 13.6. The Morgan fingerprint density at radius 2 is 1.94 bits per heavy atom. The topological polar surface area (TPSA) is 86.7 Å². The smallest absolute Gasteiger partial charge is 0.346 e. The maximum Gasteiger partial charge on any atom is 0.346 e. The second-order valence-electron chi connectivity index (χ2n) is 7.45. The summed E-state index contributed by atoms with van der Waals surface area (Å²) in [6.07, 6.45) is -0.141. The van der Waals surface area contributed by atoms with Gasteiger partial charge in [0.2, 0.25) is 11.8 Å². The molecule has 3 aromatic rings. The summed E-state index contributed by atoms with van der Waals surface area (Å²) in [6.45, 7) is 0. The highest BCUT2D eigenvalue weighted by Crippen LogP contribution is 2.58. The van der Waals surface area contributed by atoms with Crippen LogP contribution in [0.3, 0.4) is 0 Å². The first-order chi connectivity index (χ1) is 14.8. The van der Waals surface area contributed by atoms with Crippen molar-refractivity contribution in [2.45, 2.75) is 11.8 Å². The molecule has 5 rings (SSSR count). The average Bonchev–Trinajstić information content (AvgIpc) is 3.20. The van der Waals surface area contributed by atoms with Crippen LogP contribution in [-0.2, 0) is 15.0 Å². The van der Waals surface area contributed by atoms with E-state index >= 15 is 0 Å². The van der Waals surface area contributed by atoms with Crippen molar-refractivity contribution < 1.29 is 19.5 Å². The minimum absolute atomic E-state index is 0.00519. The van der Waals surface area contributed by atoms with E-state index in [0.717, 1.165) is 11.3 Å². The molecule has 0 bridgehead atoms. The molecule has 2 aliphatic rings. The Morgan fingerprint density at radius 3 is 2.65 bits per heavy atom. The number of fused-ring (bicyclic) bond motifs is 4. The second kappa shape index (κ2) is 6.82. The molecule has 3 heterocycles. The first-order valence-electron chi connectivity index (χ1n) is 9.29. The number of carbonyl (C=O) groups is 3. The standard InChI is InChI=1S/C22H14Cl2N2O4S/c1-26-14-7-6-10(23)8-12(14)22(21(26)30)9-15(27)25-17-16(11-4-2-3-5-13(11)24)18(20(28)29)31-19(17)22/h2-8H,9H2,1H3,(H,25,27)(H,28,29). The van der Waals surface area contributed by atoms with Crippen LogP contribution in [0, 0.1) is 0 Å². The minimum Gasteiger partial charge on any atom is -0.477 e. The third kappa shape index (κ3) is 2.67. The Morgan fingerprint density at radius 1 is 1.19 bits per heavy atom. The fourth-order valence-electron chi connectivity index (χ4n) is 4.47. The van der Waals surface area contributed by atoms with E-state index in [1.807, 2.05) is 0 Å². The Kier molecular flexibility index (Phi) is 4.41. The van der Waals surface area contributed by atoms with Crippen molar-refractivity contribution in [3.05, 3.63) is 67.8 Å². The van der Waals surface area contributed by atoms with E-state index in [4.69, 9.17) is 23.2 Å². The van der Waals surface area contributed by atoms with Crippen LogP contribution in [-0.4, -0.2) is 29.9 Å². The molecule has 9 heteroatoms. The van der Waals surface area contributed by atoms with E-state index in [0.29, 0.717) is 43.0 Å². The number of aromatic carboxylic acids is 1. The first-order valence-corrected chi connectivity index (χ1v) is 10.9. The van der Waals surface area contributed by atoms with Gasteiger partial charge in [0.05, 0.1) is 17.0 Å². The fourth-order valence-corrected chi connectivity index (χ4v) is 6.18. The summed E-state index contributed by atoms with van der Waals surface area (Å²) in [5.41, 5.74) is 0.965. The highest BCUT2D eigenvalue weighted by Gasteiger charge is 2.57. The number of thiophene rings is 1. The number of rotatable bonds is 2. The first kappa shape index (κ1) is 20.1. The highest BCUT2D eigenvalue weighted by atomic mass is 35.5. The van der Waals surface area contributed by atoms with Crippen molar-refractivity contribution in [2.75, 3.05) is 17.3 Å². The normalized spacial score (nSPS) is 19.4. The van der Waals surface area contributed by atoms with Crippen LogP contribution < -0.4 is 10.2 Å². The van der Waals surface area contributed by atoms with Crippen molar-refractivity contribution in [2.24, 2.45) is 0 Å². The number of benzene rings is 2. The largest absolute Gasteiger partial charge is 0.477 e. The molecule has 0 saturated carbocycles. The summed E-state index contributed by atoms with van der Waals surface area (Å²) in [7, 11) is 1.64. The summed E-state index contributed by atoms with van der Waals surface area (Å²) in [6, 6.07) is 11.9. The number of hydrogen-bond acceptors (Lipinski definition) is 4. The van der Waals surface area contributed by atoms with Gasteiger partial charge in [-0.2, -0.15) is 0 Å². The lowest BCUT2D eigenvalue weighted by Gasteiger charge is -2.32. The van der Waals surface area contributed by atoms with Gasteiger partial charge in [-0.05, 0) is 29.8 Å². The van der Waals surface area contributed by atoms with Gasteiger partial charge in [0.25, 0.3) is 0 Å². The molecule has 2 N–H and O–H groups in total. The van der Waals surface area contributed by atoms with Crippen LogP contribution in [0.2, 0.25) is 10.0 Å². The number of likely N-dealkylation sites (N-methyl/N-ethyl adjacent to an activating group) is 1. The van der Waals surface area contributed by atoms with Crippen molar-refractivity contribution >= 4 is 63.7 Å². The number of anilines is 2. The SMILES string of the molecule is CN1C(=O)C2(CC(=O)Nc3c2sc(C(=O)O)c3-c2ccccc2Cl)c2cc(Cl)ccc21. The third-order valence-electron chi connectivity index (χ3n) is 5.77. The molecule has 0 saturated heterocycles. The van der Waals surface area contributed by atoms with E-state index in [2.05, 4.69) is 5.32 Å². The molecule has 2 aromatic carbocycles. The van der Waals surface area contributed by atoms with Crippen molar-refractivity contribution in [3.8, 4) is 11.1 Å². The van der Waals surface area contributed by atoms with Crippen molar-refractivity contribution in [3.63, 3.8) is 0 Å². The monoisotopic (exact) mass is 472 g/mol. The van der Waals surface area contributed by atoms with E-state index in [1.165, 1.54) is 4.90 Å². The molecule has 1 atom stereocenters. The molecule has 2 aliphatic heterocycles. The van der Waals surface area contributed by atoms with Gasteiger partial charge >= 0.3 is 5.97 Å². The molecular formula is C22H14Cl2N2O4S. The number of carboxylic acids is 1. The Hall–Kier alpha value is -2.87. The molecular weight excluding hydrogens is 459 g/mol. The minimum atomic E-state index is -1.35. The zero-order valence-corrected chi connectivity index (χ0v) is 18.4. The Bertz CT molecular complexity index is 1320. The van der Waals surface area contributed by atoms with Crippen LogP contribution >= 0.6 is 34.5 Å². The number of nitrogens with zero attached hydrogens (tertiary/aromatic N) is 1. The predicted molar refractivity (Wildman–Crippen MR) is 121 cm³/mol. The molecule has 31 heavy (non-hydrogen) atoms. The third-order valence-corrected chi connectivity index (χ3v) is 7.68. The summed E-state index contributed by atoms with van der Waals surface area (Å²) in [5, 5.41) is 13.5. The van der Waals surface area contributed by atoms with E-state index in [1.54, 1.807) is 49.5 Å². The zero-order valence-electron chi connectivity index (χ0n) is 16.0. The predicted octanol–water partition coefficient (Wildman–Crippen LogP) is 5.02. The number of nitrogens with one attached hydrogen (secondary N) is 1. The molecule has 0 aliphatic carbocycles. The highest BCUT2D eigenvalue weighted by molar-refractivity contribution is 7.15. The summed E-state index contributed by atoms with van der Waals surface area (Å²) in [5.74, 6) is -1.85. The summed E-state index contributed by atoms with van der Waals surface area (Å²) in [4.78, 5) is 40.6. The number of amides is 2. The lowest BCUT2D eigenvalue weighted by Crippen LogP contribution is -2.45. The molecule has 1 spiro atoms. The van der Waals surface area contributed by atoms with Gasteiger partial charge < -0.3 is 15.3 Å². The van der Waals surface area contributed by atoms with Crippen LogP contribution in [0.15, 0.2) is 42.5 Å². The van der Waals surface area contributed by atoms with Crippen LogP contribution in [0.1, 0.15) is 26.5 Å². The number of carbonyl (C=O) groups excluding carboxylic acids is 2. The number of halogens is 2. The molecule has 1 aromatic heterocycles. The summed E-state index contributed by atoms with van der Waals surface area (Å²) < 4.78 is 0. The fraction of sp³-hybridized carbons (Fsp3) is 0.136. The van der Waals surface area contributed by atoms with Crippen molar-refractivity contribution in [1.82, 2.24) is 0 Å². The number of carboxylic acid groups (broad SMARTS) is 1. The van der Waals surface area contributed by atoms with Crippen molar-refractivity contribution in [1.29, 1.82) is 0 Å². The second-order valence-corrected chi connectivity index (χ2v) is 9.32. The van der Waals surface area contributed by atoms with Crippen LogP contribution in [0.25, 0.3) is 11.1 Å². The molecule has 2 amide bonds. The van der Waals surface area contributed by atoms with Gasteiger partial charge in [-0.1, -0.05) is 41.4 Å². The van der Waals surface area contributed by atoms with Gasteiger partial charge in [-0.15, -0.1) is 11.3 Å². The molecule has 6 nitrogen and oxygen atoms in total. The molecule has 0 radical (unpaired) electrons. The van der Waals surface area contributed by atoms with Gasteiger partial charge in [-0.25, -0.2) is 4.79 Å².